The summed E-state index contributed by atoms with van der Waals surface area (Å²) < 4.78 is 5.83. The third-order valence-corrected chi connectivity index (χ3v) is 6.12. The van der Waals surface area contributed by atoms with E-state index in [0.29, 0.717) is 39.0 Å². The van der Waals surface area contributed by atoms with Crippen molar-refractivity contribution in [3.05, 3.63) is 101 Å². The van der Waals surface area contributed by atoms with Gasteiger partial charge in [0.1, 0.15) is 11.8 Å². The minimum absolute atomic E-state index is 0.0457. The fraction of sp³-hybridized carbons (Fsp3) is 0.355. The number of carbonyl (C=O) groups excluding carboxylic acids is 2. The van der Waals surface area contributed by atoms with Crippen molar-refractivity contribution < 1.29 is 14.3 Å². The predicted octanol–water partition coefficient (Wildman–Crippen LogP) is 5.63. The number of nitrogens with zero attached hydrogens (tertiary/aromatic N) is 1. The molecule has 3 rings (SSSR count). The first kappa shape index (κ1) is 27.0. The van der Waals surface area contributed by atoms with E-state index in [9.17, 15) is 9.59 Å². The van der Waals surface area contributed by atoms with Gasteiger partial charge in [0.2, 0.25) is 11.8 Å². The van der Waals surface area contributed by atoms with E-state index in [1.54, 1.807) is 4.90 Å². The smallest absolute Gasteiger partial charge is 0.243 e. The Bertz CT molecular complexity index is 1080. The van der Waals surface area contributed by atoms with Crippen molar-refractivity contribution >= 4 is 11.8 Å². The van der Waals surface area contributed by atoms with Crippen LogP contribution in [0.3, 0.4) is 0 Å². The largest absolute Gasteiger partial charge is 0.494 e. The summed E-state index contributed by atoms with van der Waals surface area (Å²) in [5.74, 6) is 0.637. The molecular formula is C31H38N2O3. The van der Waals surface area contributed by atoms with Gasteiger partial charge in [-0.2, -0.15) is 0 Å². The molecule has 0 bridgehead atoms. The van der Waals surface area contributed by atoms with E-state index in [4.69, 9.17) is 4.74 Å². The fourth-order valence-corrected chi connectivity index (χ4v) is 4.00. The second kappa shape index (κ2) is 14.1. The zero-order chi connectivity index (χ0) is 25.8. The molecule has 36 heavy (non-hydrogen) atoms. The third kappa shape index (κ3) is 8.56. The van der Waals surface area contributed by atoms with Crippen LogP contribution in [0.1, 0.15) is 48.4 Å². The highest BCUT2D eigenvalue weighted by atomic mass is 16.5. The van der Waals surface area contributed by atoms with Gasteiger partial charge in [-0.05, 0) is 49.9 Å². The molecule has 0 heterocycles. The fourth-order valence-electron chi connectivity index (χ4n) is 4.00. The number of hydrogen-bond donors (Lipinski definition) is 1. The molecule has 5 heteroatoms. The van der Waals surface area contributed by atoms with Crippen LogP contribution in [0.25, 0.3) is 0 Å². The Morgan fingerprint density at radius 1 is 0.861 bits per heavy atom. The van der Waals surface area contributed by atoms with Crippen molar-refractivity contribution in [3.63, 3.8) is 0 Å². The van der Waals surface area contributed by atoms with Crippen molar-refractivity contribution in [1.82, 2.24) is 10.2 Å². The Morgan fingerprint density at radius 2 is 1.50 bits per heavy atom. The van der Waals surface area contributed by atoms with Crippen LogP contribution in [-0.4, -0.2) is 35.9 Å². The van der Waals surface area contributed by atoms with E-state index in [2.05, 4.69) is 5.32 Å². The minimum atomic E-state index is -0.592. The van der Waals surface area contributed by atoms with Crippen LogP contribution in [-0.2, 0) is 22.6 Å². The van der Waals surface area contributed by atoms with E-state index in [1.807, 2.05) is 99.6 Å². The standard InChI is InChI=1S/C31H38N2O3/c1-4-20-32-31(35)29(22-26-9-6-5-7-10-26)33(23-27-16-12-24(2)13-17-27)30(34)11-8-21-36-28-18-14-25(3)15-19-28/h5-7,9-10,12-19,29H,4,8,11,20-23H2,1-3H3,(H,32,35)/t29-/m1/s1. The molecule has 0 fully saturated rings. The summed E-state index contributed by atoms with van der Waals surface area (Å²) in [5, 5.41) is 3.02. The second-order valence-electron chi connectivity index (χ2n) is 9.27. The van der Waals surface area contributed by atoms with Crippen molar-refractivity contribution in [2.45, 2.75) is 59.0 Å². The number of carbonyl (C=O) groups is 2. The quantitative estimate of drug-likeness (QED) is 0.319. The Labute approximate surface area is 215 Å². The summed E-state index contributed by atoms with van der Waals surface area (Å²) in [6.07, 6.45) is 2.19. The summed E-state index contributed by atoms with van der Waals surface area (Å²) in [6.45, 7) is 7.51. The number of rotatable bonds is 13. The molecule has 0 aliphatic carbocycles. The van der Waals surface area contributed by atoms with Crippen molar-refractivity contribution in [1.29, 1.82) is 0 Å². The third-order valence-electron chi connectivity index (χ3n) is 6.12. The van der Waals surface area contributed by atoms with E-state index in [1.165, 1.54) is 5.56 Å². The summed E-state index contributed by atoms with van der Waals surface area (Å²) in [5.41, 5.74) is 4.37. The van der Waals surface area contributed by atoms with Gasteiger partial charge in [0.15, 0.2) is 0 Å². The first-order valence-electron chi connectivity index (χ1n) is 12.8. The lowest BCUT2D eigenvalue weighted by atomic mass is 10.0. The molecule has 3 aromatic rings. The van der Waals surface area contributed by atoms with Gasteiger partial charge < -0.3 is 15.0 Å². The van der Waals surface area contributed by atoms with Gasteiger partial charge in [-0.3, -0.25) is 9.59 Å². The topological polar surface area (TPSA) is 58.6 Å². The van der Waals surface area contributed by atoms with E-state index in [-0.39, 0.29) is 11.8 Å². The zero-order valence-corrected chi connectivity index (χ0v) is 21.7. The lowest BCUT2D eigenvalue weighted by Gasteiger charge is -2.31. The lowest BCUT2D eigenvalue weighted by Crippen LogP contribution is -2.50. The number of hydrogen-bond acceptors (Lipinski definition) is 3. The van der Waals surface area contributed by atoms with E-state index >= 15 is 0 Å². The van der Waals surface area contributed by atoms with Gasteiger partial charge in [-0.25, -0.2) is 0 Å². The molecule has 1 N–H and O–H groups in total. The summed E-state index contributed by atoms with van der Waals surface area (Å²) in [6, 6.07) is 25.3. The molecule has 0 aliphatic heterocycles. The van der Waals surface area contributed by atoms with Crippen LogP contribution >= 0.6 is 0 Å². The molecule has 0 aliphatic rings. The minimum Gasteiger partial charge on any atom is -0.494 e. The van der Waals surface area contributed by atoms with Gasteiger partial charge in [0.05, 0.1) is 6.61 Å². The molecule has 0 saturated carbocycles. The number of aryl methyl sites for hydroxylation is 2. The molecule has 0 radical (unpaired) electrons. The highest BCUT2D eigenvalue weighted by molar-refractivity contribution is 5.88. The summed E-state index contributed by atoms with van der Waals surface area (Å²) >= 11 is 0. The molecular weight excluding hydrogens is 448 g/mol. The number of benzene rings is 3. The van der Waals surface area contributed by atoms with Gasteiger partial charge in [0, 0.05) is 25.9 Å². The molecule has 2 amide bonds. The van der Waals surface area contributed by atoms with Crippen molar-refractivity contribution in [2.75, 3.05) is 13.2 Å². The average Bonchev–Trinajstić information content (AvgIpc) is 2.89. The lowest BCUT2D eigenvalue weighted by molar-refractivity contribution is -0.141. The van der Waals surface area contributed by atoms with Crippen molar-refractivity contribution in [2.24, 2.45) is 0 Å². The predicted molar refractivity (Wildman–Crippen MR) is 145 cm³/mol. The van der Waals surface area contributed by atoms with Crippen LogP contribution < -0.4 is 10.1 Å². The van der Waals surface area contributed by atoms with Crippen LogP contribution in [0.15, 0.2) is 78.9 Å². The molecule has 3 aromatic carbocycles. The van der Waals surface area contributed by atoms with Gasteiger partial charge in [0.25, 0.3) is 0 Å². The summed E-state index contributed by atoms with van der Waals surface area (Å²) in [7, 11) is 0. The Hall–Kier alpha value is -3.60. The Morgan fingerprint density at radius 3 is 2.14 bits per heavy atom. The average molecular weight is 487 g/mol. The highest BCUT2D eigenvalue weighted by Crippen LogP contribution is 2.18. The molecule has 0 saturated heterocycles. The second-order valence-corrected chi connectivity index (χ2v) is 9.27. The molecule has 1 atom stereocenters. The first-order valence-corrected chi connectivity index (χ1v) is 12.8. The van der Waals surface area contributed by atoms with Gasteiger partial charge in [-0.15, -0.1) is 0 Å². The van der Waals surface area contributed by atoms with Crippen LogP contribution in [0.4, 0.5) is 0 Å². The number of nitrogens with one attached hydrogen (secondary N) is 1. The molecule has 190 valence electrons. The van der Waals surface area contributed by atoms with E-state index < -0.39 is 6.04 Å². The highest BCUT2D eigenvalue weighted by Gasteiger charge is 2.30. The maximum Gasteiger partial charge on any atom is 0.243 e. The number of ether oxygens (including phenoxy) is 1. The molecule has 5 nitrogen and oxygen atoms in total. The normalized spacial score (nSPS) is 11.5. The van der Waals surface area contributed by atoms with Crippen LogP contribution in [0.2, 0.25) is 0 Å². The monoisotopic (exact) mass is 486 g/mol. The molecule has 0 unspecified atom stereocenters. The SMILES string of the molecule is CCCNC(=O)[C@@H](Cc1ccccc1)N(Cc1ccc(C)cc1)C(=O)CCCOc1ccc(C)cc1. The van der Waals surface area contributed by atoms with Gasteiger partial charge in [-0.1, -0.05) is 84.8 Å². The van der Waals surface area contributed by atoms with E-state index in [0.717, 1.165) is 28.9 Å². The first-order chi connectivity index (χ1) is 17.5. The summed E-state index contributed by atoms with van der Waals surface area (Å²) in [4.78, 5) is 28.6. The Balaban J connectivity index is 1.76. The molecule has 0 spiro atoms. The Kier molecular flexibility index (Phi) is 10.6. The maximum absolute atomic E-state index is 13.6. The van der Waals surface area contributed by atoms with Crippen LogP contribution in [0.5, 0.6) is 5.75 Å². The zero-order valence-electron chi connectivity index (χ0n) is 21.7. The van der Waals surface area contributed by atoms with Gasteiger partial charge >= 0.3 is 0 Å². The van der Waals surface area contributed by atoms with Crippen molar-refractivity contribution in [3.8, 4) is 5.75 Å². The van der Waals surface area contributed by atoms with Crippen LogP contribution in [0, 0.1) is 13.8 Å². The maximum atomic E-state index is 13.6. The molecule has 0 aromatic heterocycles. The number of amides is 2.